The van der Waals surface area contributed by atoms with Crippen LogP contribution in [0.5, 0.6) is 0 Å². The molecule has 0 saturated carbocycles. The van der Waals surface area contributed by atoms with Gasteiger partial charge >= 0.3 is 0 Å². The van der Waals surface area contributed by atoms with Crippen molar-refractivity contribution in [2.24, 2.45) is 5.92 Å². The molecular weight excluding hydrogens is 472 g/mol. The first-order valence-electron chi connectivity index (χ1n) is 9.91. The first-order valence-corrected chi connectivity index (χ1v) is 12.9. The van der Waals surface area contributed by atoms with Crippen molar-refractivity contribution in [2.75, 3.05) is 19.3 Å². The van der Waals surface area contributed by atoms with Crippen LogP contribution in [0.2, 0.25) is 5.02 Å². The summed E-state index contributed by atoms with van der Waals surface area (Å²) in [7, 11) is -3.14. The lowest BCUT2D eigenvalue weighted by atomic mass is 9.76. The van der Waals surface area contributed by atoms with Gasteiger partial charge in [-0.1, -0.05) is 53.5 Å². The highest BCUT2D eigenvalue weighted by molar-refractivity contribution is 9.15. The van der Waals surface area contributed by atoms with E-state index < -0.39 is 10.0 Å². The van der Waals surface area contributed by atoms with Gasteiger partial charge in [0.05, 0.1) is 11.9 Å². The molecule has 1 fully saturated rings. The number of halogens is 2. The summed E-state index contributed by atoms with van der Waals surface area (Å²) in [6, 6.07) is 10.0. The third kappa shape index (κ3) is 4.76. The first-order chi connectivity index (χ1) is 13.8. The van der Waals surface area contributed by atoms with Crippen molar-refractivity contribution in [3.8, 4) is 0 Å². The van der Waals surface area contributed by atoms with Gasteiger partial charge in [-0.3, -0.25) is 4.98 Å². The molecular formula is C22H26BrClN2O2S. The summed E-state index contributed by atoms with van der Waals surface area (Å²) in [4.78, 5) is 4.74. The molecule has 156 valence electrons. The van der Waals surface area contributed by atoms with E-state index >= 15 is 0 Å². The van der Waals surface area contributed by atoms with Gasteiger partial charge in [0.15, 0.2) is 0 Å². The Kier molecular flexibility index (Phi) is 7.20. The second-order valence-corrected chi connectivity index (χ2v) is 10.5. The first kappa shape index (κ1) is 22.5. The van der Waals surface area contributed by atoms with Gasteiger partial charge in [0.25, 0.3) is 0 Å². The average molecular weight is 498 g/mol. The number of piperidine rings is 1. The molecule has 2 aromatic rings. The van der Waals surface area contributed by atoms with Crippen LogP contribution in [0, 0.1) is 5.92 Å². The lowest BCUT2D eigenvalue weighted by molar-refractivity contribution is 0.256. The van der Waals surface area contributed by atoms with Gasteiger partial charge in [-0.2, -0.15) is 0 Å². The van der Waals surface area contributed by atoms with Crippen LogP contribution >= 0.6 is 27.5 Å². The zero-order valence-electron chi connectivity index (χ0n) is 16.9. The third-order valence-electron chi connectivity index (χ3n) is 5.50. The van der Waals surface area contributed by atoms with Crippen LogP contribution < -0.4 is 0 Å². The van der Waals surface area contributed by atoms with Crippen LogP contribution in [-0.4, -0.2) is 37.1 Å². The third-order valence-corrected chi connectivity index (χ3v) is 7.69. The van der Waals surface area contributed by atoms with Crippen molar-refractivity contribution >= 4 is 48.1 Å². The van der Waals surface area contributed by atoms with Crippen molar-refractivity contribution in [2.45, 2.75) is 32.6 Å². The fourth-order valence-electron chi connectivity index (χ4n) is 4.20. The molecule has 1 saturated heterocycles. The van der Waals surface area contributed by atoms with Crippen LogP contribution in [-0.2, 0) is 10.0 Å². The second kappa shape index (κ2) is 9.29. The van der Waals surface area contributed by atoms with Crippen LogP contribution in [0.1, 0.15) is 55.0 Å². The van der Waals surface area contributed by atoms with Gasteiger partial charge in [0, 0.05) is 40.3 Å². The minimum Gasteiger partial charge on any atom is -0.260 e. The lowest BCUT2D eigenvalue weighted by Crippen LogP contribution is -2.39. The number of benzene rings is 1. The zero-order valence-corrected chi connectivity index (χ0v) is 20.1. The molecule has 0 spiro atoms. The largest absolute Gasteiger partial charge is 0.260 e. The fourth-order valence-corrected chi connectivity index (χ4v) is 5.84. The van der Waals surface area contributed by atoms with Gasteiger partial charge in [0.2, 0.25) is 10.0 Å². The van der Waals surface area contributed by atoms with E-state index in [9.17, 15) is 8.42 Å². The van der Waals surface area contributed by atoms with Crippen LogP contribution in [0.4, 0.5) is 0 Å². The van der Waals surface area contributed by atoms with Gasteiger partial charge in [-0.15, -0.1) is 0 Å². The van der Waals surface area contributed by atoms with Crippen LogP contribution in [0.25, 0.3) is 10.6 Å². The van der Waals surface area contributed by atoms with E-state index in [1.165, 1.54) is 11.8 Å². The molecule has 4 rings (SSSR count). The SMILES string of the molecule is CC.CS(=O)(=O)N1CCC(C2c3ccc(Cl)cc3C=C(Br)c3cccnc32)CC1. The molecule has 1 aromatic carbocycles. The molecule has 1 atom stereocenters. The van der Waals surface area contributed by atoms with Gasteiger partial charge < -0.3 is 0 Å². The Hall–Kier alpha value is -1.21. The highest BCUT2D eigenvalue weighted by Gasteiger charge is 2.35. The molecule has 1 aromatic heterocycles. The van der Waals surface area contributed by atoms with E-state index in [0.29, 0.717) is 24.0 Å². The number of fused-ring (bicyclic) bond motifs is 2. The van der Waals surface area contributed by atoms with E-state index in [-0.39, 0.29) is 5.92 Å². The Bertz CT molecular complexity index is 1020. The Morgan fingerprint density at radius 3 is 2.52 bits per heavy atom. The van der Waals surface area contributed by atoms with Crippen molar-refractivity contribution in [1.29, 1.82) is 0 Å². The van der Waals surface area contributed by atoms with E-state index in [1.807, 2.05) is 38.2 Å². The normalized spacial score (nSPS) is 19.9. The molecule has 1 aliphatic heterocycles. The smallest absolute Gasteiger partial charge is 0.211 e. The molecule has 0 radical (unpaired) electrons. The number of nitrogens with zero attached hydrogens (tertiary/aromatic N) is 2. The van der Waals surface area contributed by atoms with Crippen molar-refractivity contribution in [1.82, 2.24) is 9.29 Å². The summed E-state index contributed by atoms with van der Waals surface area (Å²) in [6.45, 7) is 5.11. The maximum Gasteiger partial charge on any atom is 0.211 e. The topological polar surface area (TPSA) is 50.3 Å². The molecule has 1 aliphatic carbocycles. The maximum atomic E-state index is 11.9. The Morgan fingerprint density at radius 1 is 1.17 bits per heavy atom. The Balaban J connectivity index is 0.00000117. The maximum absolute atomic E-state index is 11.9. The minimum atomic E-state index is -3.14. The average Bonchev–Trinajstić information content (AvgIpc) is 2.83. The molecule has 0 N–H and O–H groups in total. The molecule has 1 unspecified atom stereocenters. The molecule has 4 nitrogen and oxygen atoms in total. The summed E-state index contributed by atoms with van der Waals surface area (Å²) >= 11 is 9.97. The van der Waals surface area contributed by atoms with Gasteiger partial charge in [-0.25, -0.2) is 12.7 Å². The standard InChI is InChI=1S/C20H20BrClN2O2S.C2H6/c1-27(25,26)24-9-6-13(7-10-24)19-16-5-4-15(22)11-14(16)12-18(21)17-3-2-8-23-20(17)19;1-2/h2-5,8,11-13,19H,6-7,9-10H2,1H3;1-2H3. The van der Waals surface area contributed by atoms with Gasteiger partial charge in [-0.05, 0) is 54.2 Å². The van der Waals surface area contributed by atoms with E-state index in [0.717, 1.165) is 34.1 Å². The molecule has 2 aliphatic rings. The van der Waals surface area contributed by atoms with E-state index in [2.05, 4.69) is 34.1 Å². The van der Waals surface area contributed by atoms with Crippen molar-refractivity contribution in [3.63, 3.8) is 0 Å². The highest BCUT2D eigenvalue weighted by atomic mass is 79.9. The molecule has 7 heteroatoms. The predicted octanol–water partition coefficient (Wildman–Crippen LogP) is 5.77. The number of hydrogen-bond donors (Lipinski definition) is 0. The number of hydrogen-bond acceptors (Lipinski definition) is 3. The Morgan fingerprint density at radius 2 is 1.86 bits per heavy atom. The number of aromatic nitrogens is 1. The van der Waals surface area contributed by atoms with Crippen molar-refractivity contribution in [3.05, 3.63) is 63.9 Å². The summed E-state index contributed by atoms with van der Waals surface area (Å²) in [5.74, 6) is 0.435. The summed E-state index contributed by atoms with van der Waals surface area (Å²) in [5.41, 5.74) is 4.41. The predicted molar refractivity (Wildman–Crippen MR) is 125 cm³/mol. The lowest BCUT2D eigenvalue weighted by Gasteiger charge is -2.35. The monoisotopic (exact) mass is 496 g/mol. The Labute approximate surface area is 187 Å². The minimum absolute atomic E-state index is 0.112. The zero-order chi connectivity index (χ0) is 21.2. The van der Waals surface area contributed by atoms with Crippen LogP contribution in [0.15, 0.2) is 36.5 Å². The molecule has 0 amide bonds. The van der Waals surface area contributed by atoms with Crippen LogP contribution in [0.3, 0.4) is 0 Å². The number of sulfonamides is 1. The van der Waals surface area contributed by atoms with Gasteiger partial charge in [0.1, 0.15) is 0 Å². The number of rotatable bonds is 2. The highest BCUT2D eigenvalue weighted by Crippen LogP contribution is 2.45. The fraction of sp³-hybridized carbons (Fsp3) is 0.409. The number of pyridine rings is 1. The quantitative estimate of drug-likeness (QED) is 0.529. The summed E-state index contributed by atoms with van der Waals surface area (Å²) < 4.78 is 26.3. The van der Waals surface area contributed by atoms with E-state index in [1.54, 1.807) is 4.31 Å². The summed E-state index contributed by atoms with van der Waals surface area (Å²) in [5, 5.41) is 0.704. The van der Waals surface area contributed by atoms with Crippen molar-refractivity contribution < 1.29 is 8.42 Å². The molecule has 2 heterocycles. The van der Waals surface area contributed by atoms with E-state index in [4.69, 9.17) is 16.6 Å². The molecule has 0 bridgehead atoms. The second-order valence-electron chi connectivity index (χ2n) is 7.18. The summed E-state index contributed by atoms with van der Waals surface area (Å²) in [6.07, 6.45) is 6.85. The molecule has 29 heavy (non-hydrogen) atoms.